The summed E-state index contributed by atoms with van der Waals surface area (Å²) in [4.78, 5) is 23.6. The first-order chi connectivity index (χ1) is 16.5. The number of amides is 1. The van der Waals surface area contributed by atoms with Crippen molar-refractivity contribution in [2.75, 3.05) is 30.4 Å². The lowest BCUT2D eigenvalue weighted by molar-refractivity contribution is -0.125. The number of aryl methyl sites for hydroxylation is 1. The molecule has 4 heterocycles. The smallest absolute Gasteiger partial charge is 0.222 e. The molecule has 1 aliphatic rings. The van der Waals surface area contributed by atoms with Crippen molar-refractivity contribution in [3.63, 3.8) is 0 Å². The van der Waals surface area contributed by atoms with Crippen molar-refractivity contribution in [1.29, 1.82) is 0 Å². The molecule has 5 rings (SSSR count). The second-order valence-corrected chi connectivity index (χ2v) is 8.82. The van der Waals surface area contributed by atoms with Crippen LogP contribution in [0.4, 0.5) is 16.0 Å². The highest BCUT2D eigenvalue weighted by atomic mass is 19.1. The van der Waals surface area contributed by atoms with Crippen LogP contribution in [-0.4, -0.2) is 45.6 Å². The number of nitrogens with one attached hydrogen (secondary N) is 2. The monoisotopic (exact) mass is 461 g/mol. The number of hydrogen-bond donors (Lipinski definition) is 2. The Hall–Kier alpha value is -3.75. The van der Waals surface area contributed by atoms with Gasteiger partial charge in [-0.25, -0.2) is 14.4 Å². The lowest BCUT2D eigenvalue weighted by Crippen LogP contribution is -2.40. The van der Waals surface area contributed by atoms with Crippen LogP contribution in [0.25, 0.3) is 16.6 Å². The average Bonchev–Trinajstić information content (AvgIpc) is 3.35. The molecule has 9 heteroatoms. The first-order valence-electron chi connectivity index (χ1n) is 11.6. The standard InChI is InChI=1S/C25H28FN7O/c1-15-20(26)5-4-18-14-19(16(2)30-22-6-10-28-21-7-11-29-33(21)22)24(31-23(15)18)32-12-8-17(9-13-32)25(34)27-3/h4-7,10-11,14,16-17,30H,8-9,12-13H2,1-3H3,(H,27,34)/t16-/m0/s1. The molecule has 1 aliphatic heterocycles. The van der Waals surface area contributed by atoms with Crippen LogP contribution >= 0.6 is 0 Å². The molecule has 1 fully saturated rings. The minimum absolute atomic E-state index is 0.00445. The number of halogens is 1. The lowest BCUT2D eigenvalue weighted by Gasteiger charge is -2.34. The van der Waals surface area contributed by atoms with Crippen molar-refractivity contribution < 1.29 is 9.18 Å². The number of hydrogen-bond acceptors (Lipinski definition) is 6. The van der Waals surface area contributed by atoms with Gasteiger partial charge >= 0.3 is 0 Å². The van der Waals surface area contributed by atoms with E-state index >= 15 is 0 Å². The molecule has 0 unspecified atom stereocenters. The fraction of sp³-hybridized carbons (Fsp3) is 0.360. The summed E-state index contributed by atoms with van der Waals surface area (Å²) in [6.07, 6.45) is 4.97. The van der Waals surface area contributed by atoms with E-state index in [1.165, 1.54) is 6.07 Å². The number of nitrogens with zero attached hydrogens (tertiary/aromatic N) is 5. The van der Waals surface area contributed by atoms with Crippen molar-refractivity contribution in [2.24, 2.45) is 5.92 Å². The van der Waals surface area contributed by atoms with Crippen molar-refractivity contribution >= 4 is 34.1 Å². The summed E-state index contributed by atoms with van der Waals surface area (Å²) < 4.78 is 16.1. The summed E-state index contributed by atoms with van der Waals surface area (Å²) in [5.41, 5.74) is 2.97. The predicted octanol–water partition coefficient (Wildman–Crippen LogP) is 3.86. The Balaban J connectivity index is 1.54. The molecule has 1 amide bonds. The van der Waals surface area contributed by atoms with E-state index in [1.54, 1.807) is 36.9 Å². The number of rotatable bonds is 5. The van der Waals surface area contributed by atoms with Crippen LogP contribution in [0, 0.1) is 18.7 Å². The lowest BCUT2D eigenvalue weighted by atomic mass is 9.95. The second-order valence-electron chi connectivity index (χ2n) is 8.82. The summed E-state index contributed by atoms with van der Waals surface area (Å²) in [7, 11) is 1.68. The highest BCUT2D eigenvalue weighted by Crippen LogP contribution is 2.34. The Morgan fingerprint density at radius 3 is 2.74 bits per heavy atom. The SMILES string of the molecule is CNC(=O)C1CCN(c2nc3c(C)c(F)ccc3cc2[C@H](C)Nc2ccnc3ccnn23)CC1. The van der Waals surface area contributed by atoms with Crippen LogP contribution in [0.3, 0.4) is 0 Å². The quantitative estimate of drug-likeness (QED) is 0.469. The maximum Gasteiger partial charge on any atom is 0.222 e. The zero-order valence-corrected chi connectivity index (χ0v) is 19.5. The van der Waals surface area contributed by atoms with Crippen LogP contribution < -0.4 is 15.5 Å². The zero-order valence-electron chi connectivity index (χ0n) is 19.5. The number of anilines is 2. The Kier molecular flexibility index (Phi) is 5.77. The molecule has 3 aromatic heterocycles. The van der Waals surface area contributed by atoms with Gasteiger partial charge in [0.05, 0.1) is 17.8 Å². The summed E-state index contributed by atoms with van der Waals surface area (Å²) in [5, 5.41) is 11.6. The highest BCUT2D eigenvalue weighted by Gasteiger charge is 2.28. The topological polar surface area (TPSA) is 87.5 Å². The number of pyridine rings is 1. The third kappa shape index (κ3) is 3.91. The third-order valence-corrected chi connectivity index (χ3v) is 6.72. The number of fused-ring (bicyclic) bond motifs is 2. The van der Waals surface area contributed by atoms with Crippen LogP contribution in [0.2, 0.25) is 0 Å². The van der Waals surface area contributed by atoms with Crippen molar-refractivity contribution in [3.05, 3.63) is 59.7 Å². The van der Waals surface area contributed by atoms with Gasteiger partial charge in [0.1, 0.15) is 17.5 Å². The molecule has 2 N–H and O–H groups in total. The van der Waals surface area contributed by atoms with Gasteiger partial charge in [0.15, 0.2) is 5.65 Å². The minimum Gasteiger partial charge on any atom is -0.363 e. The largest absolute Gasteiger partial charge is 0.363 e. The molecule has 1 aromatic carbocycles. The van der Waals surface area contributed by atoms with E-state index < -0.39 is 0 Å². The maximum absolute atomic E-state index is 14.3. The van der Waals surface area contributed by atoms with Gasteiger partial charge in [-0.3, -0.25) is 4.79 Å². The average molecular weight is 462 g/mol. The molecule has 0 aliphatic carbocycles. The molecule has 176 valence electrons. The van der Waals surface area contributed by atoms with Crippen molar-refractivity contribution in [2.45, 2.75) is 32.7 Å². The third-order valence-electron chi connectivity index (χ3n) is 6.72. The van der Waals surface area contributed by atoms with Gasteiger partial charge in [-0.2, -0.15) is 9.61 Å². The second kappa shape index (κ2) is 8.89. The van der Waals surface area contributed by atoms with Gasteiger partial charge in [-0.05, 0) is 51.0 Å². The first kappa shape index (κ1) is 22.1. The Labute approximate surface area is 197 Å². The molecule has 4 aromatic rings. The van der Waals surface area contributed by atoms with E-state index in [4.69, 9.17) is 4.98 Å². The zero-order chi connectivity index (χ0) is 23.8. The number of carbonyl (C=O) groups excluding carboxylic acids is 1. The van der Waals surface area contributed by atoms with Crippen LogP contribution in [0.5, 0.6) is 0 Å². The molecule has 34 heavy (non-hydrogen) atoms. The van der Waals surface area contributed by atoms with Gasteiger partial charge in [0.2, 0.25) is 5.91 Å². The number of piperidine rings is 1. The molecule has 0 radical (unpaired) electrons. The molecule has 1 atom stereocenters. The van der Waals surface area contributed by atoms with Crippen molar-refractivity contribution in [3.8, 4) is 0 Å². The van der Waals surface area contributed by atoms with Crippen LogP contribution in [0.1, 0.15) is 36.9 Å². The molecule has 0 saturated carbocycles. The number of carbonyl (C=O) groups is 1. The number of aromatic nitrogens is 4. The van der Waals surface area contributed by atoms with Gasteiger partial charge in [-0.1, -0.05) is 0 Å². The van der Waals surface area contributed by atoms with Crippen LogP contribution in [0.15, 0.2) is 42.7 Å². The normalized spacial score (nSPS) is 15.6. The van der Waals surface area contributed by atoms with E-state index in [2.05, 4.69) is 38.6 Å². The maximum atomic E-state index is 14.3. The summed E-state index contributed by atoms with van der Waals surface area (Å²) >= 11 is 0. The molecule has 8 nitrogen and oxygen atoms in total. The Bertz CT molecular complexity index is 1360. The van der Waals surface area contributed by atoms with E-state index in [-0.39, 0.29) is 23.7 Å². The molecule has 1 saturated heterocycles. The van der Waals surface area contributed by atoms with E-state index in [9.17, 15) is 9.18 Å². The highest BCUT2D eigenvalue weighted by molar-refractivity contribution is 5.85. The molecular weight excluding hydrogens is 433 g/mol. The fourth-order valence-corrected chi connectivity index (χ4v) is 4.74. The van der Waals surface area contributed by atoms with Crippen LogP contribution in [-0.2, 0) is 4.79 Å². The molecular formula is C25H28FN7O. The summed E-state index contributed by atoms with van der Waals surface area (Å²) in [5.74, 6) is 1.47. The van der Waals surface area contributed by atoms with Gasteiger partial charge < -0.3 is 15.5 Å². The Morgan fingerprint density at radius 1 is 1.18 bits per heavy atom. The predicted molar refractivity (Wildman–Crippen MR) is 130 cm³/mol. The first-order valence-corrected chi connectivity index (χ1v) is 11.6. The van der Waals surface area contributed by atoms with Gasteiger partial charge in [0, 0.05) is 54.8 Å². The van der Waals surface area contributed by atoms with Crippen molar-refractivity contribution in [1.82, 2.24) is 24.9 Å². The number of benzene rings is 1. The van der Waals surface area contributed by atoms with E-state index in [0.717, 1.165) is 41.1 Å². The van der Waals surface area contributed by atoms with E-state index in [1.807, 2.05) is 12.1 Å². The van der Waals surface area contributed by atoms with Gasteiger partial charge in [-0.15, -0.1) is 0 Å². The fourth-order valence-electron chi connectivity index (χ4n) is 4.74. The van der Waals surface area contributed by atoms with Gasteiger partial charge in [0.25, 0.3) is 0 Å². The van der Waals surface area contributed by atoms with E-state index in [0.29, 0.717) is 24.2 Å². The summed E-state index contributed by atoms with van der Waals surface area (Å²) in [6.45, 7) is 5.27. The minimum atomic E-state index is -0.263. The molecule has 0 bridgehead atoms. The molecule has 0 spiro atoms. The summed E-state index contributed by atoms with van der Waals surface area (Å²) in [6, 6.07) is 9.00. The Morgan fingerprint density at radius 2 is 1.97 bits per heavy atom.